The summed E-state index contributed by atoms with van der Waals surface area (Å²) in [7, 11) is 3.81. The van der Waals surface area contributed by atoms with Crippen LogP contribution in [0.25, 0.3) is 0 Å². The summed E-state index contributed by atoms with van der Waals surface area (Å²) >= 11 is 12.5. The van der Waals surface area contributed by atoms with E-state index in [9.17, 15) is 0 Å². The first-order chi connectivity index (χ1) is 9.45. The second-order valence-corrected chi connectivity index (χ2v) is 5.74. The molecule has 0 radical (unpaired) electrons. The molecule has 3 nitrogen and oxygen atoms in total. The summed E-state index contributed by atoms with van der Waals surface area (Å²) in [6.45, 7) is 4.03. The molecule has 1 unspecified atom stereocenters. The van der Waals surface area contributed by atoms with E-state index in [4.69, 9.17) is 23.2 Å². The molecule has 0 aliphatic carbocycles. The standard InChI is InChI=1S/C15H19Cl2N3/c1-9-11(6-5-7-13(9)16)14(18-3)8-12-10(2)19-20(4)15(12)17/h5-7,14,18H,8H2,1-4H3. The van der Waals surface area contributed by atoms with Gasteiger partial charge in [0, 0.05) is 23.7 Å². The third-order valence-corrected chi connectivity index (χ3v) is 4.59. The third-order valence-electron chi connectivity index (χ3n) is 3.71. The molecule has 0 amide bonds. The fraction of sp³-hybridized carbons (Fsp3) is 0.400. The summed E-state index contributed by atoms with van der Waals surface area (Å²) in [5.74, 6) is 0. The van der Waals surface area contributed by atoms with Gasteiger partial charge in [0.25, 0.3) is 0 Å². The summed E-state index contributed by atoms with van der Waals surface area (Å²) in [6.07, 6.45) is 0.788. The van der Waals surface area contributed by atoms with Crippen LogP contribution in [-0.4, -0.2) is 16.8 Å². The van der Waals surface area contributed by atoms with Crippen LogP contribution in [-0.2, 0) is 13.5 Å². The number of nitrogens with one attached hydrogen (secondary N) is 1. The molecule has 0 bridgehead atoms. The second-order valence-electron chi connectivity index (χ2n) is 4.98. The molecule has 0 aliphatic rings. The number of likely N-dealkylation sites (N-methyl/N-ethyl adjacent to an activating group) is 1. The Morgan fingerprint density at radius 3 is 2.55 bits per heavy atom. The highest BCUT2D eigenvalue weighted by atomic mass is 35.5. The van der Waals surface area contributed by atoms with Crippen LogP contribution in [0.1, 0.15) is 28.4 Å². The molecule has 2 rings (SSSR count). The lowest BCUT2D eigenvalue weighted by Crippen LogP contribution is -2.20. The van der Waals surface area contributed by atoms with Crippen molar-refractivity contribution in [2.24, 2.45) is 7.05 Å². The average Bonchev–Trinajstić information content (AvgIpc) is 2.65. The van der Waals surface area contributed by atoms with Crippen molar-refractivity contribution in [3.05, 3.63) is 50.8 Å². The van der Waals surface area contributed by atoms with Gasteiger partial charge in [-0.1, -0.05) is 35.3 Å². The van der Waals surface area contributed by atoms with Crippen molar-refractivity contribution >= 4 is 23.2 Å². The van der Waals surface area contributed by atoms with Crippen molar-refractivity contribution in [2.45, 2.75) is 26.3 Å². The molecule has 20 heavy (non-hydrogen) atoms. The molecule has 1 atom stereocenters. The minimum atomic E-state index is 0.161. The van der Waals surface area contributed by atoms with Gasteiger partial charge in [0.1, 0.15) is 5.15 Å². The van der Waals surface area contributed by atoms with E-state index in [1.165, 1.54) is 5.56 Å². The van der Waals surface area contributed by atoms with Gasteiger partial charge >= 0.3 is 0 Å². The molecule has 0 saturated heterocycles. The van der Waals surface area contributed by atoms with Crippen LogP contribution in [0.2, 0.25) is 10.2 Å². The van der Waals surface area contributed by atoms with Crippen LogP contribution in [0.5, 0.6) is 0 Å². The van der Waals surface area contributed by atoms with Gasteiger partial charge in [-0.3, -0.25) is 4.68 Å². The Morgan fingerprint density at radius 1 is 1.30 bits per heavy atom. The van der Waals surface area contributed by atoms with Crippen molar-refractivity contribution in [1.29, 1.82) is 0 Å². The van der Waals surface area contributed by atoms with Gasteiger partial charge in [-0.05, 0) is 44.5 Å². The number of nitrogens with zero attached hydrogens (tertiary/aromatic N) is 2. The normalized spacial score (nSPS) is 12.7. The maximum absolute atomic E-state index is 6.32. The van der Waals surface area contributed by atoms with Gasteiger partial charge in [-0.15, -0.1) is 0 Å². The van der Waals surface area contributed by atoms with Crippen molar-refractivity contribution in [3.8, 4) is 0 Å². The van der Waals surface area contributed by atoms with Gasteiger partial charge in [-0.2, -0.15) is 5.10 Å². The van der Waals surface area contributed by atoms with Gasteiger partial charge < -0.3 is 5.32 Å². The maximum Gasteiger partial charge on any atom is 0.130 e. The molecule has 2 aromatic rings. The highest BCUT2D eigenvalue weighted by Gasteiger charge is 2.19. The molecule has 0 saturated carbocycles. The molecule has 5 heteroatoms. The number of aromatic nitrogens is 2. The van der Waals surface area contributed by atoms with Gasteiger partial charge in [0.05, 0.1) is 5.69 Å². The number of benzene rings is 1. The first kappa shape index (κ1) is 15.4. The second kappa shape index (κ2) is 6.17. The van der Waals surface area contributed by atoms with Crippen LogP contribution in [0.4, 0.5) is 0 Å². The molecule has 0 aliphatic heterocycles. The fourth-order valence-electron chi connectivity index (χ4n) is 2.48. The summed E-state index contributed by atoms with van der Waals surface area (Å²) in [5, 5.41) is 9.19. The first-order valence-corrected chi connectivity index (χ1v) is 7.31. The highest BCUT2D eigenvalue weighted by Crippen LogP contribution is 2.29. The number of hydrogen-bond donors (Lipinski definition) is 1. The molecule has 0 fully saturated rings. The molecule has 108 valence electrons. The lowest BCUT2D eigenvalue weighted by atomic mass is 9.96. The van der Waals surface area contributed by atoms with E-state index in [1.54, 1.807) is 4.68 Å². The highest BCUT2D eigenvalue weighted by molar-refractivity contribution is 6.31. The number of aryl methyl sites for hydroxylation is 2. The zero-order valence-corrected chi connectivity index (χ0v) is 13.7. The Balaban J connectivity index is 2.36. The largest absolute Gasteiger partial charge is 0.313 e. The predicted molar refractivity (Wildman–Crippen MR) is 84.6 cm³/mol. The lowest BCUT2D eigenvalue weighted by Gasteiger charge is -2.19. The predicted octanol–water partition coefficient (Wildman–Crippen LogP) is 3.85. The molecule has 1 aromatic heterocycles. The number of hydrogen-bond acceptors (Lipinski definition) is 2. The van der Waals surface area contributed by atoms with E-state index in [-0.39, 0.29) is 6.04 Å². The van der Waals surface area contributed by atoms with E-state index in [2.05, 4.69) is 16.5 Å². The van der Waals surface area contributed by atoms with Crippen LogP contribution >= 0.6 is 23.2 Å². The van der Waals surface area contributed by atoms with Crippen LogP contribution in [0, 0.1) is 13.8 Å². The first-order valence-electron chi connectivity index (χ1n) is 6.56. The van der Waals surface area contributed by atoms with E-state index in [0.717, 1.165) is 28.3 Å². The fourth-order valence-corrected chi connectivity index (χ4v) is 2.91. The van der Waals surface area contributed by atoms with Gasteiger partial charge in [0.2, 0.25) is 0 Å². The topological polar surface area (TPSA) is 29.9 Å². The SMILES string of the molecule is CNC(Cc1c(C)nn(C)c1Cl)c1cccc(Cl)c1C. The summed E-state index contributed by atoms with van der Waals surface area (Å²) in [4.78, 5) is 0. The number of halogens is 2. The summed E-state index contributed by atoms with van der Waals surface area (Å²) in [6, 6.07) is 6.15. The molecular formula is C15H19Cl2N3. The Labute approximate surface area is 129 Å². The third kappa shape index (κ3) is 2.85. The zero-order chi connectivity index (χ0) is 14.9. The minimum Gasteiger partial charge on any atom is -0.313 e. The van der Waals surface area contributed by atoms with E-state index < -0.39 is 0 Å². The Kier molecular flexibility index (Phi) is 4.74. The Morgan fingerprint density at radius 2 is 2.00 bits per heavy atom. The van der Waals surface area contributed by atoms with E-state index in [0.29, 0.717) is 5.15 Å². The number of rotatable bonds is 4. The van der Waals surface area contributed by atoms with Crippen molar-refractivity contribution < 1.29 is 0 Å². The van der Waals surface area contributed by atoms with Gasteiger partial charge in [-0.25, -0.2) is 0 Å². The van der Waals surface area contributed by atoms with Crippen molar-refractivity contribution in [3.63, 3.8) is 0 Å². The summed E-state index contributed by atoms with van der Waals surface area (Å²) in [5.41, 5.74) is 4.34. The molecule has 1 N–H and O–H groups in total. The maximum atomic E-state index is 6.32. The Bertz CT molecular complexity index is 620. The monoisotopic (exact) mass is 311 g/mol. The van der Waals surface area contributed by atoms with Crippen LogP contribution in [0.3, 0.4) is 0 Å². The molecule has 1 aromatic carbocycles. The van der Waals surface area contributed by atoms with Crippen LogP contribution in [0.15, 0.2) is 18.2 Å². The van der Waals surface area contributed by atoms with Crippen molar-refractivity contribution in [1.82, 2.24) is 15.1 Å². The smallest absolute Gasteiger partial charge is 0.130 e. The lowest BCUT2D eigenvalue weighted by molar-refractivity contribution is 0.587. The summed E-state index contributed by atoms with van der Waals surface area (Å²) < 4.78 is 1.71. The molecule has 1 heterocycles. The van der Waals surface area contributed by atoms with Crippen LogP contribution < -0.4 is 5.32 Å². The molecular weight excluding hydrogens is 293 g/mol. The average molecular weight is 312 g/mol. The van der Waals surface area contributed by atoms with Crippen molar-refractivity contribution in [2.75, 3.05) is 7.05 Å². The quantitative estimate of drug-likeness (QED) is 0.929. The molecule has 0 spiro atoms. The van der Waals surface area contributed by atoms with E-state index in [1.807, 2.05) is 40.1 Å². The van der Waals surface area contributed by atoms with E-state index >= 15 is 0 Å². The Hall–Kier alpha value is -1.03. The zero-order valence-electron chi connectivity index (χ0n) is 12.2. The van der Waals surface area contributed by atoms with Gasteiger partial charge in [0.15, 0.2) is 0 Å². The minimum absolute atomic E-state index is 0.161.